The first-order valence-electron chi connectivity index (χ1n) is 16.5. The first kappa shape index (κ1) is 32.6. The van der Waals surface area contributed by atoms with Gasteiger partial charge in [-0.05, 0) is 49.8 Å². The molecule has 8 rings (SSSR count). The molecular weight excluding hydrogens is 682 g/mol. The van der Waals surface area contributed by atoms with Gasteiger partial charge in [0.1, 0.15) is 41.4 Å². The molecule has 0 radical (unpaired) electrons. The Hall–Kier alpha value is -3.64. The molecular formula is C34H34ClF4N7O2S. The van der Waals surface area contributed by atoms with Crippen molar-refractivity contribution in [2.75, 3.05) is 63.1 Å². The molecule has 3 fully saturated rings. The van der Waals surface area contributed by atoms with Crippen LogP contribution in [0.25, 0.3) is 32.1 Å². The summed E-state index contributed by atoms with van der Waals surface area (Å²) in [6.07, 6.45) is 1.02. The number of fused-ring (bicyclic) bond motifs is 4. The van der Waals surface area contributed by atoms with E-state index in [-0.39, 0.29) is 84.2 Å². The number of benzene rings is 2. The van der Waals surface area contributed by atoms with Crippen LogP contribution >= 0.6 is 22.9 Å². The van der Waals surface area contributed by atoms with Gasteiger partial charge in [0.25, 0.3) is 6.43 Å². The zero-order valence-corrected chi connectivity index (χ0v) is 28.3. The molecule has 0 spiro atoms. The van der Waals surface area contributed by atoms with Gasteiger partial charge in [0.05, 0.1) is 38.8 Å². The number of anilines is 2. The summed E-state index contributed by atoms with van der Waals surface area (Å²) in [5.74, 6) is -0.397. The van der Waals surface area contributed by atoms with Crippen molar-refractivity contribution in [3.8, 4) is 29.0 Å². The highest BCUT2D eigenvalue weighted by Gasteiger charge is 2.48. The molecule has 3 atom stereocenters. The molecule has 3 saturated heterocycles. The van der Waals surface area contributed by atoms with E-state index >= 15 is 8.78 Å². The predicted octanol–water partition coefficient (Wildman–Crippen LogP) is 6.69. The van der Waals surface area contributed by atoms with Gasteiger partial charge in [-0.2, -0.15) is 15.2 Å². The quantitative estimate of drug-likeness (QED) is 0.219. The van der Waals surface area contributed by atoms with E-state index in [0.29, 0.717) is 44.4 Å². The Balaban J connectivity index is 1.31. The van der Waals surface area contributed by atoms with E-state index in [2.05, 4.69) is 16.8 Å². The third-order valence-electron chi connectivity index (χ3n) is 10.6. The number of hydrogen-bond donors (Lipinski definition) is 1. The van der Waals surface area contributed by atoms with E-state index in [9.17, 15) is 14.0 Å². The number of nitrogens with two attached hydrogens (primary N) is 1. The third-order valence-corrected chi connectivity index (χ3v) is 12.0. The number of nitrogens with zero attached hydrogens (tertiary/aromatic N) is 6. The first-order valence-corrected chi connectivity index (χ1v) is 17.7. The highest BCUT2D eigenvalue weighted by atomic mass is 35.5. The van der Waals surface area contributed by atoms with Crippen LogP contribution in [0.3, 0.4) is 0 Å². The van der Waals surface area contributed by atoms with Crippen LogP contribution < -0.4 is 20.1 Å². The highest BCUT2D eigenvalue weighted by Crippen LogP contribution is 2.51. The Bertz CT molecular complexity index is 2020. The normalized spacial score (nSPS) is 24.2. The highest BCUT2D eigenvalue weighted by molar-refractivity contribution is 7.23. The Morgan fingerprint density at radius 1 is 1.20 bits per heavy atom. The third kappa shape index (κ3) is 5.32. The molecule has 2 aromatic carbocycles. The monoisotopic (exact) mass is 715 g/mol. The summed E-state index contributed by atoms with van der Waals surface area (Å²) in [5, 5.41) is 10.4. The van der Waals surface area contributed by atoms with Crippen LogP contribution in [0.1, 0.15) is 38.2 Å². The van der Waals surface area contributed by atoms with Crippen molar-refractivity contribution in [1.82, 2.24) is 19.8 Å². The van der Waals surface area contributed by atoms with E-state index in [1.807, 2.05) is 11.0 Å². The second-order valence-electron chi connectivity index (χ2n) is 13.6. The minimum atomic E-state index is -2.47. The standard InChI is InChI=1S/C34H34ClF4N7O2S/c1-17-11-34(6-2-7-45(34)13-17)16-48-33-42-28-25-29(47-15-18-5-8-44(14-22(37)38)9-10-46(18)32(25)43-33)26(35)24(27(28)39)19-3-4-21(36)30-23(19)20(12-40)31(41)49-30/h3-4,17-18,22H,2,5-11,13-16,41H2,1H3/t17-,18?,34+/m1/s1. The van der Waals surface area contributed by atoms with Gasteiger partial charge in [-0.15, -0.1) is 11.3 Å². The van der Waals surface area contributed by atoms with Crippen molar-refractivity contribution in [2.45, 2.75) is 50.6 Å². The van der Waals surface area contributed by atoms with Crippen molar-refractivity contribution in [3.63, 3.8) is 0 Å². The number of halogens is 5. The summed E-state index contributed by atoms with van der Waals surface area (Å²) in [7, 11) is 0. The van der Waals surface area contributed by atoms with Gasteiger partial charge >= 0.3 is 6.01 Å². The van der Waals surface area contributed by atoms with E-state index in [1.54, 1.807) is 4.90 Å². The predicted molar refractivity (Wildman–Crippen MR) is 181 cm³/mol. The summed E-state index contributed by atoms with van der Waals surface area (Å²) in [5.41, 5.74) is 5.93. The van der Waals surface area contributed by atoms with Gasteiger partial charge in [-0.1, -0.05) is 24.6 Å². The molecule has 15 heteroatoms. The molecule has 2 aromatic heterocycles. The van der Waals surface area contributed by atoms with Crippen LogP contribution in [0.2, 0.25) is 5.02 Å². The fourth-order valence-electron chi connectivity index (χ4n) is 8.45. The zero-order chi connectivity index (χ0) is 34.2. The molecule has 4 aromatic rings. The summed E-state index contributed by atoms with van der Waals surface area (Å²) in [6.45, 7) is 5.39. The fraction of sp³-hybridized carbons (Fsp3) is 0.500. The largest absolute Gasteiger partial charge is 0.489 e. The van der Waals surface area contributed by atoms with E-state index in [1.165, 1.54) is 12.1 Å². The number of thiophene rings is 1. The summed E-state index contributed by atoms with van der Waals surface area (Å²) >= 11 is 7.95. The number of nitrogen functional groups attached to an aromatic ring is 1. The zero-order valence-electron chi connectivity index (χ0n) is 26.7. The molecule has 9 nitrogen and oxygen atoms in total. The Morgan fingerprint density at radius 3 is 2.84 bits per heavy atom. The minimum Gasteiger partial charge on any atom is -0.489 e. The first-order chi connectivity index (χ1) is 23.6. The second kappa shape index (κ2) is 12.3. The molecule has 2 N–H and O–H groups in total. The molecule has 0 amide bonds. The van der Waals surface area contributed by atoms with E-state index < -0.39 is 18.1 Å². The lowest BCUT2D eigenvalue weighted by Crippen LogP contribution is -2.43. The van der Waals surface area contributed by atoms with Gasteiger partial charge in [0.15, 0.2) is 11.6 Å². The van der Waals surface area contributed by atoms with Gasteiger partial charge in [-0.3, -0.25) is 9.80 Å². The molecule has 0 saturated carbocycles. The van der Waals surface area contributed by atoms with E-state index in [0.717, 1.165) is 43.7 Å². The average molecular weight is 716 g/mol. The topological polar surface area (TPSA) is 104 Å². The number of aromatic nitrogens is 2. The number of rotatable bonds is 6. The molecule has 0 bridgehead atoms. The molecule has 4 aliphatic rings. The molecule has 0 aliphatic carbocycles. The van der Waals surface area contributed by atoms with Crippen LogP contribution in [0.4, 0.5) is 28.4 Å². The van der Waals surface area contributed by atoms with Gasteiger partial charge in [0.2, 0.25) is 0 Å². The maximum absolute atomic E-state index is 17.2. The van der Waals surface area contributed by atoms with Crippen LogP contribution in [0.15, 0.2) is 12.1 Å². The lowest BCUT2D eigenvalue weighted by atomic mass is 9.92. The van der Waals surface area contributed by atoms with Crippen LogP contribution in [-0.2, 0) is 0 Å². The number of ether oxygens (including phenoxy) is 2. The molecule has 258 valence electrons. The molecule has 1 unspecified atom stereocenters. The lowest BCUT2D eigenvalue weighted by molar-refractivity contribution is 0.0909. The smallest absolute Gasteiger partial charge is 0.319 e. The van der Waals surface area contributed by atoms with Gasteiger partial charge < -0.3 is 20.1 Å². The minimum absolute atomic E-state index is 0.0162. The van der Waals surface area contributed by atoms with Crippen molar-refractivity contribution >= 4 is 54.7 Å². The fourth-order valence-corrected chi connectivity index (χ4v) is 9.73. The Morgan fingerprint density at radius 2 is 2.04 bits per heavy atom. The van der Waals surface area contributed by atoms with E-state index in [4.69, 9.17) is 31.8 Å². The SMILES string of the molecule is C[C@H]1CN2CCC[C@@]2(COc2nc3c4c(c(Cl)c(-c5ccc(F)c6sc(N)c(C#N)c56)c(F)c4n2)OCC2CCN(CC(F)F)CCN32)C1. The number of alkyl halides is 2. The van der Waals surface area contributed by atoms with Crippen LogP contribution in [0.5, 0.6) is 11.8 Å². The molecule has 49 heavy (non-hydrogen) atoms. The van der Waals surface area contributed by atoms with Gasteiger partial charge in [-0.25, -0.2) is 17.6 Å². The Labute approximate surface area is 289 Å². The lowest BCUT2D eigenvalue weighted by Gasteiger charge is -2.32. The van der Waals surface area contributed by atoms with Crippen molar-refractivity contribution < 1.29 is 27.0 Å². The summed E-state index contributed by atoms with van der Waals surface area (Å²) < 4.78 is 71.8. The maximum Gasteiger partial charge on any atom is 0.319 e. The average Bonchev–Trinajstić information content (AvgIpc) is 3.61. The van der Waals surface area contributed by atoms with Crippen molar-refractivity contribution in [1.29, 1.82) is 5.26 Å². The van der Waals surface area contributed by atoms with Crippen molar-refractivity contribution in [2.24, 2.45) is 5.92 Å². The molecule has 4 aliphatic heterocycles. The number of hydrogen-bond acceptors (Lipinski definition) is 10. The second-order valence-corrected chi connectivity index (χ2v) is 15.1. The number of nitriles is 1. The van der Waals surface area contributed by atoms with Crippen LogP contribution in [0, 0.1) is 28.9 Å². The summed E-state index contributed by atoms with van der Waals surface area (Å²) in [4.78, 5) is 15.6. The Kier molecular flexibility index (Phi) is 8.17. The van der Waals surface area contributed by atoms with Gasteiger partial charge in [0, 0.05) is 37.1 Å². The van der Waals surface area contributed by atoms with Crippen LogP contribution in [-0.4, -0.2) is 90.3 Å². The maximum atomic E-state index is 17.2. The summed E-state index contributed by atoms with van der Waals surface area (Å²) in [6, 6.07) is 4.30. The molecule has 6 heterocycles. The van der Waals surface area contributed by atoms with Crippen molar-refractivity contribution in [3.05, 3.63) is 34.4 Å².